The summed E-state index contributed by atoms with van der Waals surface area (Å²) >= 11 is 0. The molecular weight excluding hydrogens is 444 g/mol. The molecule has 0 saturated carbocycles. The first-order chi connectivity index (χ1) is 15.0. The summed E-state index contributed by atoms with van der Waals surface area (Å²) in [4.78, 5) is 18.8. The van der Waals surface area contributed by atoms with Gasteiger partial charge in [0.2, 0.25) is 17.6 Å². The maximum absolute atomic E-state index is 13.4. The van der Waals surface area contributed by atoms with Crippen molar-refractivity contribution >= 4 is 5.95 Å². The minimum atomic E-state index is -4.87. The van der Waals surface area contributed by atoms with Crippen LogP contribution in [0.3, 0.4) is 0 Å². The van der Waals surface area contributed by atoms with E-state index in [1.165, 1.54) is 12.4 Å². The number of hydrogen-bond acceptors (Lipinski definition) is 8. The van der Waals surface area contributed by atoms with E-state index in [2.05, 4.69) is 30.1 Å². The Morgan fingerprint density at radius 1 is 0.750 bits per heavy atom. The van der Waals surface area contributed by atoms with Crippen molar-refractivity contribution in [2.45, 2.75) is 12.4 Å². The second kappa shape index (κ2) is 7.55. The summed E-state index contributed by atoms with van der Waals surface area (Å²) in [7, 11) is 0. The summed E-state index contributed by atoms with van der Waals surface area (Å²) in [5.41, 5.74) is 3.07. The SMILES string of the molecule is Nc1ncc(-c2noc(-c3nc(-c4ccc(C(F)(F)F)cc4)cc(C(F)(F)F)n3)n2)cn1. The van der Waals surface area contributed by atoms with Crippen LogP contribution in [-0.2, 0) is 12.4 Å². The Bertz CT molecular complexity index is 1250. The first-order valence-electron chi connectivity index (χ1n) is 8.56. The fourth-order valence-corrected chi connectivity index (χ4v) is 2.55. The maximum Gasteiger partial charge on any atom is 0.433 e. The molecule has 1 aromatic carbocycles. The van der Waals surface area contributed by atoms with Crippen LogP contribution < -0.4 is 5.73 Å². The van der Waals surface area contributed by atoms with E-state index in [9.17, 15) is 26.3 Å². The molecule has 0 spiro atoms. The lowest BCUT2D eigenvalue weighted by Gasteiger charge is -2.10. The quantitative estimate of drug-likeness (QED) is 0.457. The molecule has 4 aromatic rings. The van der Waals surface area contributed by atoms with Crippen molar-refractivity contribution in [2.75, 3.05) is 5.73 Å². The highest BCUT2D eigenvalue weighted by molar-refractivity contribution is 5.63. The van der Waals surface area contributed by atoms with Crippen molar-refractivity contribution < 1.29 is 30.9 Å². The molecule has 32 heavy (non-hydrogen) atoms. The number of rotatable bonds is 3. The molecule has 0 aliphatic carbocycles. The zero-order valence-corrected chi connectivity index (χ0v) is 15.5. The number of alkyl halides is 6. The van der Waals surface area contributed by atoms with Crippen LogP contribution in [0.5, 0.6) is 0 Å². The largest absolute Gasteiger partial charge is 0.433 e. The topological polar surface area (TPSA) is 116 Å². The minimum Gasteiger partial charge on any atom is -0.368 e. The van der Waals surface area contributed by atoms with Crippen molar-refractivity contribution in [3.05, 3.63) is 54.0 Å². The summed E-state index contributed by atoms with van der Waals surface area (Å²) in [6.45, 7) is 0. The summed E-state index contributed by atoms with van der Waals surface area (Å²) in [6, 6.07) is 4.07. The van der Waals surface area contributed by atoms with Crippen molar-refractivity contribution in [3.8, 4) is 34.4 Å². The van der Waals surface area contributed by atoms with Crippen LogP contribution in [-0.4, -0.2) is 30.1 Å². The molecule has 0 saturated heterocycles. The Morgan fingerprint density at radius 3 is 2.00 bits per heavy atom. The molecule has 164 valence electrons. The monoisotopic (exact) mass is 453 g/mol. The smallest absolute Gasteiger partial charge is 0.368 e. The number of nitrogens with two attached hydrogens (primary N) is 1. The van der Waals surface area contributed by atoms with Gasteiger partial charge in [0.25, 0.3) is 5.89 Å². The molecule has 0 aliphatic heterocycles. The molecule has 0 aliphatic rings. The molecule has 3 aromatic heterocycles. The Labute approximate surface area is 174 Å². The number of nitrogen functional groups attached to an aromatic ring is 1. The van der Waals surface area contributed by atoms with Crippen LogP contribution in [0.25, 0.3) is 34.4 Å². The molecule has 0 radical (unpaired) electrons. The predicted octanol–water partition coefficient (Wildman–Crippen LogP) is 4.27. The molecular formula is C18H9F6N7O. The number of nitrogens with zero attached hydrogens (tertiary/aromatic N) is 6. The van der Waals surface area contributed by atoms with Gasteiger partial charge in [-0.2, -0.15) is 31.3 Å². The fourth-order valence-electron chi connectivity index (χ4n) is 2.55. The van der Waals surface area contributed by atoms with Crippen LogP contribution in [0, 0.1) is 0 Å². The third-order valence-corrected chi connectivity index (χ3v) is 4.07. The van der Waals surface area contributed by atoms with Gasteiger partial charge in [0.1, 0.15) is 5.69 Å². The third kappa shape index (κ3) is 4.33. The van der Waals surface area contributed by atoms with E-state index in [-0.39, 0.29) is 28.6 Å². The van der Waals surface area contributed by atoms with Gasteiger partial charge in [0, 0.05) is 18.0 Å². The van der Waals surface area contributed by atoms with Gasteiger partial charge in [-0.25, -0.2) is 19.9 Å². The van der Waals surface area contributed by atoms with Crippen LogP contribution in [0.4, 0.5) is 32.3 Å². The lowest BCUT2D eigenvalue weighted by Crippen LogP contribution is -2.10. The van der Waals surface area contributed by atoms with Gasteiger partial charge in [0.05, 0.1) is 16.8 Å². The van der Waals surface area contributed by atoms with Crippen molar-refractivity contribution in [3.63, 3.8) is 0 Å². The molecule has 3 heterocycles. The van der Waals surface area contributed by atoms with Gasteiger partial charge < -0.3 is 10.3 Å². The average Bonchev–Trinajstić information content (AvgIpc) is 3.23. The van der Waals surface area contributed by atoms with Crippen LogP contribution >= 0.6 is 0 Å². The Kier molecular flexibility index (Phi) is 4.99. The van der Waals surface area contributed by atoms with Gasteiger partial charge in [-0.1, -0.05) is 17.3 Å². The summed E-state index contributed by atoms with van der Waals surface area (Å²) < 4.78 is 83.4. The highest BCUT2D eigenvalue weighted by atomic mass is 19.4. The van der Waals surface area contributed by atoms with Crippen LogP contribution in [0.2, 0.25) is 0 Å². The van der Waals surface area contributed by atoms with Gasteiger partial charge in [-0.05, 0) is 18.2 Å². The maximum atomic E-state index is 13.4. The van der Waals surface area contributed by atoms with Crippen molar-refractivity contribution in [2.24, 2.45) is 0 Å². The highest BCUT2D eigenvalue weighted by Crippen LogP contribution is 2.34. The molecule has 0 unspecified atom stereocenters. The van der Waals surface area contributed by atoms with Crippen molar-refractivity contribution in [1.29, 1.82) is 0 Å². The van der Waals surface area contributed by atoms with Crippen LogP contribution in [0.1, 0.15) is 11.3 Å². The Hall–Kier alpha value is -4.10. The molecule has 2 N–H and O–H groups in total. The fraction of sp³-hybridized carbons (Fsp3) is 0.111. The normalized spacial score (nSPS) is 12.2. The van der Waals surface area contributed by atoms with E-state index >= 15 is 0 Å². The summed E-state index contributed by atoms with van der Waals surface area (Å²) in [6.07, 6.45) is -6.92. The molecule has 4 rings (SSSR count). The highest BCUT2D eigenvalue weighted by Gasteiger charge is 2.35. The van der Waals surface area contributed by atoms with Crippen molar-refractivity contribution in [1.82, 2.24) is 30.1 Å². The zero-order chi connectivity index (χ0) is 23.1. The third-order valence-electron chi connectivity index (χ3n) is 4.07. The van der Waals surface area contributed by atoms with Crippen LogP contribution in [0.15, 0.2) is 47.2 Å². The number of benzene rings is 1. The standard InChI is InChI=1S/C18H9F6N7O/c19-17(20,21)10-3-1-8(2-4-10)11-5-12(18(22,23)24)29-14(28-11)15-30-13(31-32-15)9-6-26-16(25)27-7-9/h1-7H,(H2,25,26,27). The van der Waals surface area contributed by atoms with E-state index in [0.717, 1.165) is 24.3 Å². The average molecular weight is 453 g/mol. The summed E-state index contributed by atoms with van der Waals surface area (Å²) in [5.74, 6) is -1.09. The molecule has 0 bridgehead atoms. The number of aromatic nitrogens is 6. The molecule has 0 amide bonds. The van der Waals surface area contributed by atoms with Gasteiger partial charge in [-0.3, -0.25) is 0 Å². The zero-order valence-electron chi connectivity index (χ0n) is 15.5. The lowest BCUT2D eigenvalue weighted by molar-refractivity contribution is -0.141. The number of halogens is 6. The number of anilines is 1. The molecule has 0 atom stereocenters. The lowest BCUT2D eigenvalue weighted by atomic mass is 10.1. The van der Waals surface area contributed by atoms with Gasteiger partial charge in [0.15, 0.2) is 0 Å². The van der Waals surface area contributed by atoms with E-state index in [1.54, 1.807) is 0 Å². The molecule has 14 heteroatoms. The number of hydrogen-bond donors (Lipinski definition) is 1. The second-order valence-corrected chi connectivity index (χ2v) is 6.29. The van der Waals surface area contributed by atoms with Gasteiger partial charge in [-0.15, -0.1) is 0 Å². The minimum absolute atomic E-state index is 0.00109. The van der Waals surface area contributed by atoms with E-state index in [1.807, 2.05) is 0 Å². The predicted molar refractivity (Wildman–Crippen MR) is 96.2 cm³/mol. The Morgan fingerprint density at radius 2 is 1.41 bits per heavy atom. The second-order valence-electron chi connectivity index (χ2n) is 6.29. The Balaban J connectivity index is 1.77. The molecule has 0 fully saturated rings. The van der Waals surface area contributed by atoms with E-state index < -0.39 is 35.3 Å². The molecule has 8 nitrogen and oxygen atoms in total. The van der Waals surface area contributed by atoms with Gasteiger partial charge >= 0.3 is 12.4 Å². The van der Waals surface area contributed by atoms with E-state index in [4.69, 9.17) is 10.3 Å². The first-order valence-corrected chi connectivity index (χ1v) is 8.56. The van der Waals surface area contributed by atoms with E-state index in [0.29, 0.717) is 6.07 Å². The first kappa shape index (κ1) is 21.1. The summed E-state index contributed by atoms with van der Waals surface area (Å²) in [5, 5.41) is 3.63.